The molecular weight excluding hydrogens is 380 g/mol. The van der Waals surface area contributed by atoms with Crippen LogP contribution in [0.4, 0.5) is 5.82 Å². The fourth-order valence-corrected chi connectivity index (χ4v) is 4.41. The van der Waals surface area contributed by atoms with Gasteiger partial charge in [0, 0.05) is 33.1 Å². The molecule has 0 bridgehead atoms. The average molecular weight is 406 g/mol. The number of anilines is 1. The van der Waals surface area contributed by atoms with Crippen LogP contribution in [0.15, 0.2) is 36.4 Å². The van der Waals surface area contributed by atoms with Crippen molar-refractivity contribution >= 4 is 17.4 Å². The summed E-state index contributed by atoms with van der Waals surface area (Å²) in [6, 6.07) is 12.0. The molecule has 2 aliphatic heterocycles. The van der Waals surface area contributed by atoms with Crippen molar-refractivity contribution in [3.8, 4) is 0 Å². The Hall–Kier alpha value is -3.00. The number of nitrogens with zero attached hydrogens (tertiary/aromatic N) is 6. The van der Waals surface area contributed by atoms with E-state index in [1.807, 2.05) is 58.7 Å². The van der Waals surface area contributed by atoms with Crippen LogP contribution in [0.1, 0.15) is 41.8 Å². The van der Waals surface area contributed by atoms with Gasteiger partial charge in [-0.3, -0.25) is 4.79 Å². The van der Waals surface area contributed by atoms with Crippen molar-refractivity contribution in [2.75, 3.05) is 38.7 Å². The van der Waals surface area contributed by atoms with Crippen LogP contribution < -0.4 is 4.90 Å². The normalized spacial score (nSPS) is 19.7. The van der Waals surface area contributed by atoms with Crippen LogP contribution >= 0.6 is 0 Å². The summed E-state index contributed by atoms with van der Waals surface area (Å²) in [6.45, 7) is 1.97. The Bertz CT molecular complexity index is 1070. The molecule has 1 aromatic carbocycles. The number of hydrogen-bond acceptors (Lipinski definition) is 6. The number of carbonyl (C=O) groups excluding carboxylic acids is 1. The molecule has 30 heavy (non-hydrogen) atoms. The van der Waals surface area contributed by atoms with Crippen molar-refractivity contribution < 1.29 is 9.53 Å². The van der Waals surface area contributed by atoms with E-state index in [1.165, 1.54) is 5.56 Å². The highest BCUT2D eigenvalue weighted by Crippen LogP contribution is 2.32. The SMILES string of the molecule is CN(C)c1ccc2nnc(C3CCN(C(=O)C4OCCc5ccccc54)CC3)n2n1. The molecule has 0 N–H and O–H groups in total. The van der Waals surface area contributed by atoms with Gasteiger partial charge in [-0.25, -0.2) is 0 Å². The number of piperidine rings is 1. The van der Waals surface area contributed by atoms with Crippen molar-refractivity contribution in [3.05, 3.63) is 53.3 Å². The number of hydrogen-bond donors (Lipinski definition) is 0. The van der Waals surface area contributed by atoms with E-state index in [4.69, 9.17) is 4.74 Å². The number of amides is 1. The van der Waals surface area contributed by atoms with E-state index in [0.717, 1.165) is 42.1 Å². The Morgan fingerprint density at radius 1 is 1.10 bits per heavy atom. The molecule has 3 aromatic rings. The van der Waals surface area contributed by atoms with Crippen molar-refractivity contribution in [1.29, 1.82) is 0 Å². The maximum absolute atomic E-state index is 13.2. The molecule has 0 radical (unpaired) electrons. The monoisotopic (exact) mass is 406 g/mol. The largest absolute Gasteiger partial charge is 0.363 e. The zero-order chi connectivity index (χ0) is 20.7. The number of fused-ring (bicyclic) bond motifs is 2. The third-order valence-corrected chi connectivity index (χ3v) is 6.12. The summed E-state index contributed by atoms with van der Waals surface area (Å²) in [6.07, 6.45) is 2.07. The first-order chi connectivity index (χ1) is 14.6. The second-order valence-corrected chi connectivity index (χ2v) is 8.21. The fraction of sp³-hybridized carbons (Fsp3) is 0.455. The molecule has 0 saturated carbocycles. The Morgan fingerprint density at radius 2 is 1.90 bits per heavy atom. The molecule has 1 amide bonds. The molecule has 1 fully saturated rings. The Morgan fingerprint density at radius 3 is 2.70 bits per heavy atom. The second kappa shape index (κ2) is 7.68. The van der Waals surface area contributed by atoms with Gasteiger partial charge < -0.3 is 14.5 Å². The van der Waals surface area contributed by atoms with Crippen molar-refractivity contribution in [3.63, 3.8) is 0 Å². The van der Waals surface area contributed by atoms with Gasteiger partial charge in [0.1, 0.15) is 5.82 Å². The molecule has 1 unspecified atom stereocenters. The highest BCUT2D eigenvalue weighted by atomic mass is 16.5. The predicted molar refractivity (Wildman–Crippen MR) is 113 cm³/mol. The highest BCUT2D eigenvalue weighted by molar-refractivity contribution is 5.83. The molecular formula is C22H26N6O2. The Balaban J connectivity index is 1.31. The smallest absolute Gasteiger partial charge is 0.256 e. The van der Waals surface area contributed by atoms with Crippen LogP contribution in [0.3, 0.4) is 0 Å². The number of likely N-dealkylation sites (tertiary alicyclic amines) is 1. The van der Waals surface area contributed by atoms with Crippen molar-refractivity contribution in [1.82, 2.24) is 24.7 Å². The van der Waals surface area contributed by atoms with E-state index < -0.39 is 6.10 Å². The number of aromatic nitrogens is 4. The zero-order valence-corrected chi connectivity index (χ0v) is 17.4. The maximum Gasteiger partial charge on any atom is 0.256 e. The lowest BCUT2D eigenvalue weighted by atomic mass is 9.93. The standard InChI is InChI=1S/C22H26N6O2/c1-26(2)19-8-7-18-23-24-21(28(18)25-19)16-9-12-27(13-10-16)22(29)20-17-6-4-3-5-15(17)11-14-30-20/h3-8,16,20H,9-14H2,1-2H3. The third-order valence-electron chi connectivity index (χ3n) is 6.12. The first-order valence-corrected chi connectivity index (χ1v) is 10.5. The van der Waals surface area contributed by atoms with E-state index in [9.17, 15) is 4.79 Å². The molecule has 5 rings (SSSR count). The minimum Gasteiger partial charge on any atom is -0.363 e. The molecule has 1 saturated heterocycles. The first kappa shape index (κ1) is 19.0. The van der Waals surface area contributed by atoms with Crippen LogP contribution in [-0.2, 0) is 16.0 Å². The molecule has 2 aromatic heterocycles. The summed E-state index contributed by atoms with van der Waals surface area (Å²) >= 11 is 0. The van der Waals surface area contributed by atoms with Gasteiger partial charge in [-0.2, -0.15) is 4.52 Å². The van der Waals surface area contributed by atoms with Crippen molar-refractivity contribution in [2.45, 2.75) is 31.3 Å². The molecule has 0 spiro atoms. The third kappa shape index (κ3) is 3.31. The van der Waals surface area contributed by atoms with Gasteiger partial charge in [0.2, 0.25) is 0 Å². The Labute approximate surface area is 175 Å². The Kier molecular flexibility index (Phi) is 4.86. The lowest BCUT2D eigenvalue weighted by Gasteiger charge is -2.35. The number of carbonyl (C=O) groups is 1. The van der Waals surface area contributed by atoms with Gasteiger partial charge in [0.25, 0.3) is 5.91 Å². The molecule has 156 valence electrons. The average Bonchev–Trinajstić information content (AvgIpc) is 3.21. The van der Waals surface area contributed by atoms with Gasteiger partial charge in [-0.1, -0.05) is 24.3 Å². The molecule has 2 aliphatic rings. The maximum atomic E-state index is 13.2. The van der Waals surface area contributed by atoms with E-state index in [-0.39, 0.29) is 11.8 Å². The highest BCUT2D eigenvalue weighted by Gasteiger charge is 2.34. The van der Waals surface area contributed by atoms with Crippen LogP contribution in [0, 0.1) is 0 Å². The van der Waals surface area contributed by atoms with Gasteiger partial charge in [-0.05, 0) is 42.5 Å². The van der Waals surface area contributed by atoms with Gasteiger partial charge in [0.05, 0.1) is 6.61 Å². The molecule has 8 heteroatoms. The number of rotatable bonds is 3. The predicted octanol–water partition coefficient (Wildman–Crippen LogP) is 2.21. The van der Waals surface area contributed by atoms with Gasteiger partial charge in [0.15, 0.2) is 17.6 Å². The first-order valence-electron chi connectivity index (χ1n) is 10.5. The van der Waals surface area contributed by atoms with E-state index >= 15 is 0 Å². The quantitative estimate of drug-likeness (QED) is 0.664. The molecule has 8 nitrogen and oxygen atoms in total. The topological polar surface area (TPSA) is 75.9 Å². The number of benzene rings is 1. The molecule has 0 aliphatic carbocycles. The lowest BCUT2D eigenvalue weighted by Crippen LogP contribution is -2.42. The number of ether oxygens (including phenoxy) is 1. The minimum absolute atomic E-state index is 0.0692. The summed E-state index contributed by atoms with van der Waals surface area (Å²) in [7, 11) is 3.93. The minimum atomic E-state index is -0.482. The lowest BCUT2D eigenvalue weighted by molar-refractivity contribution is -0.146. The summed E-state index contributed by atoms with van der Waals surface area (Å²) in [5.41, 5.74) is 2.98. The van der Waals surface area contributed by atoms with Crippen LogP contribution in [0.25, 0.3) is 5.65 Å². The summed E-state index contributed by atoms with van der Waals surface area (Å²) in [5, 5.41) is 13.4. The van der Waals surface area contributed by atoms with Crippen LogP contribution in [0.2, 0.25) is 0 Å². The van der Waals surface area contributed by atoms with Gasteiger partial charge in [-0.15, -0.1) is 15.3 Å². The summed E-state index contributed by atoms with van der Waals surface area (Å²) < 4.78 is 7.72. The molecule has 4 heterocycles. The van der Waals surface area contributed by atoms with E-state index in [2.05, 4.69) is 21.4 Å². The van der Waals surface area contributed by atoms with E-state index in [1.54, 1.807) is 0 Å². The van der Waals surface area contributed by atoms with Crippen LogP contribution in [-0.4, -0.2) is 64.4 Å². The molecule has 1 atom stereocenters. The fourth-order valence-electron chi connectivity index (χ4n) is 4.41. The summed E-state index contributed by atoms with van der Waals surface area (Å²) in [4.78, 5) is 17.1. The van der Waals surface area contributed by atoms with Crippen molar-refractivity contribution in [2.24, 2.45) is 0 Å². The zero-order valence-electron chi connectivity index (χ0n) is 17.4. The van der Waals surface area contributed by atoms with E-state index in [0.29, 0.717) is 19.7 Å². The second-order valence-electron chi connectivity index (χ2n) is 8.21. The summed E-state index contributed by atoms with van der Waals surface area (Å²) in [5.74, 6) is 2.04. The van der Waals surface area contributed by atoms with Gasteiger partial charge >= 0.3 is 0 Å². The van der Waals surface area contributed by atoms with Crippen LogP contribution in [0.5, 0.6) is 0 Å².